The summed E-state index contributed by atoms with van der Waals surface area (Å²) in [4.78, 5) is 37.7. The molecule has 6 rings (SSSR count). The normalized spacial score (nSPS) is 35.8. The highest BCUT2D eigenvalue weighted by Gasteiger charge is 2.59. The van der Waals surface area contributed by atoms with Gasteiger partial charge in [0, 0.05) is 11.5 Å². The van der Waals surface area contributed by atoms with Crippen LogP contribution in [-0.2, 0) is 9.59 Å². The number of carbonyl (C=O) groups excluding carboxylic acids is 3. The third-order valence-corrected chi connectivity index (χ3v) is 7.75. The average Bonchev–Trinajstić information content (AvgIpc) is 3.45. The van der Waals surface area contributed by atoms with Crippen molar-refractivity contribution in [2.75, 3.05) is 0 Å². The molecule has 5 aliphatic carbocycles. The van der Waals surface area contributed by atoms with Gasteiger partial charge in [-0.1, -0.05) is 12.1 Å². The van der Waals surface area contributed by atoms with Crippen molar-refractivity contribution in [3.05, 3.63) is 35.6 Å². The van der Waals surface area contributed by atoms with E-state index in [1.807, 2.05) is 0 Å². The van der Waals surface area contributed by atoms with E-state index in [9.17, 15) is 18.8 Å². The fourth-order valence-electron chi connectivity index (χ4n) is 6.32. The number of hydrogen-bond acceptors (Lipinski definition) is 3. The van der Waals surface area contributed by atoms with E-state index >= 15 is 0 Å². The van der Waals surface area contributed by atoms with Crippen LogP contribution < -0.4 is 16.4 Å². The molecule has 4 bridgehead atoms. The number of rotatable bonds is 5. The molecule has 2 unspecified atom stereocenters. The van der Waals surface area contributed by atoms with E-state index in [0.717, 1.165) is 32.1 Å². The molecule has 1 aromatic carbocycles. The fraction of sp³-hybridized carbons (Fsp3) is 0.591. The molecule has 154 valence electrons. The number of nitrogens with two attached hydrogens (primary N) is 1. The summed E-state index contributed by atoms with van der Waals surface area (Å²) in [6, 6.07) is 5.80. The molecule has 29 heavy (non-hydrogen) atoms. The van der Waals surface area contributed by atoms with Crippen molar-refractivity contribution >= 4 is 17.7 Å². The Hall–Kier alpha value is -2.44. The lowest BCUT2D eigenvalue weighted by Crippen LogP contribution is -2.64. The molecule has 0 radical (unpaired) electrons. The topological polar surface area (TPSA) is 101 Å². The zero-order valence-corrected chi connectivity index (χ0v) is 16.2. The maximum absolute atomic E-state index is 13.9. The number of primary amides is 1. The molecule has 4 N–H and O–H groups in total. The Balaban J connectivity index is 1.28. The maximum Gasteiger partial charge on any atom is 0.255 e. The van der Waals surface area contributed by atoms with Gasteiger partial charge in [0.1, 0.15) is 11.4 Å². The largest absolute Gasteiger partial charge is 0.369 e. The lowest BCUT2D eigenvalue weighted by atomic mass is 9.47. The zero-order valence-electron chi connectivity index (χ0n) is 16.2. The number of halogens is 1. The highest BCUT2D eigenvalue weighted by molar-refractivity contribution is 6.00. The maximum atomic E-state index is 13.9. The quantitative estimate of drug-likeness (QED) is 0.705. The summed E-state index contributed by atoms with van der Waals surface area (Å²) in [7, 11) is 0. The molecular formula is C22H26FN3O3. The highest BCUT2D eigenvalue weighted by atomic mass is 19.1. The monoisotopic (exact) mass is 399 g/mol. The van der Waals surface area contributed by atoms with E-state index in [-0.39, 0.29) is 35.3 Å². The van der Waals surface area contributed by atoms with Crippen LogP contribution >= 0.6 is 0 Å². The van der Waals surface area contributed by atoms with E-state index in [1.165, 1.54) is 18.2 Å². The van der Waals surface area contributed by atoms with E-state index in [2.05, 4.69) is 10.6 Å². The minimum Gasteiger partial charge on any atom is -0.369 e. The Labute approximate surface area is 168 Å². The number of benzene rings is 1. The minimum absolute atomic E-state index is 0.0226. The van der Waals surface area contributed by atoms with Gasteiger partial charge >= 0.3 is 0 Å². The summed E-state index contributed by atoms with van der Waals surface area (Å²) in [5.41, 5.74) is 4.34. The third kappa shape index (κ3) is 2.93. The van der Waals surface area contributed by atoms with Crippen LogP contribution in [0.2, 0.25) is 0 Å². The van der Waals surface area contributed by atoms with Crippen LogP contribution in [0.3, 0.4) is 0 Å². The molecule has 2 atom stereocenters. The van der Waals surface area contributed by atoms with Gasteiger partial charge in [-0.3, -0.25) is 14.4 Å². The number of hydrogen-bond donors (Lipinski definition) is 3. The summed E-state index contributed by atoms with van der Waals surface area (Å²) in [6.07, 6.45) is 5.52. The SMILES string of the molecule is NC(=O)C12CC3C[C@H](CC(C1)[C@H]3NC(=O)C1(NC(=O)c3ccccc3F)CC1)C2. The molecule has 5 fully saturated rings. The third-order valence-electron chi connectivity index (χ3n) is 7.75. The lowest BCUT2D eigenvalue weighted by molar-refractivity contribution is -0.147. The second-order valence-corrected chi connectivity index (χ2v) is 9.63. The first-order valence-electron chi connectivity index (χ1n) is 10.5. The Bertz CT molecular complexity index is 881. The summed E-state index contributed by atoms with van der Waals surface area (Å²) in [5.74, 6) is -0.506. The molecule has 5 aliphatic rings. The van der Waals surface area contributed by atoms with Gasteiger partial charge in [0.2, 0.25) is 11.8 Å². The molecule has 0 spiro atoms. The first-order valence-corrected chi connectivity index (χ1v) is 10.5. The minimum atomic E-state index is -0.949. The second kappa shape index (κ2) is 6.28. The summed E-state index contributed by atoms with van der Waals surface area (Å²) >= 11 is 0. The molecule has 0 saturated heterocycles. The number of nitrogens with one attached hydrogen (secondary N) is 2. The summed E-state index contributed by atoms with van der Waals surface area (Å²) < 4.78 is 13.9. The van der Waals surface area contributed by atoms with Gasteiger partial charge in [-0.2, -0.15) is 0 Å². The van der Waals surface area contributed by atoms with Crippen LogP contribution in [0, 0.1) is 29.0 Å². The van der Waals surface area contributed by atoms with Crippen molar-refractivity contribution in [1.82, 2.24) is 10.6 Å². The van der Waals surface area contributed by atoms with Crippen molar-refractivity contribution in [3.8, 4) is 0 Å². The number of amides is 3. The van der Waals surface area contributed by atoms with Crippen LogP contribution in [0.15, 0.2) is 24.3 Å². The first-order chi connectivity index (χ1) is 13.8. The summed E-state index contributed by atoms with van der Waals surface area (Å²) in [5, 5.41) is 5.95. The Morgan fingerprint density at radius 3 is 2.28 bits per heavy atom. The van der Waals surface area contributed by atoms with Crippen molar-refractivity contribution in [3.63, 3.8) is 0 Å². The van der Waals surface area contributed by atoms with Crippen molar-refractivity contribution < 1.29 is 18.8 Å². The second-order valence-electron chi connectivity index (χ2n) is 9.63. The molecule has 3 amide bonds. The van der Waals surface area contributed by atoms with Gasteiger partial charge in [0.05, 0.1) is 5.56 Å². The van der Waals surface area contributed by atoms with Gasteiger partial charge in [0.15, 0.2) is 0 Å². The van der Waals surface area contributed by atoms with E-state index in [4.69, 9.17) is 5.73 Å². The fourth-order valence-corrected chi connectivity index (χ4v) is 6.32. The average molecular weight is 399 g/mol. The Morgan fingerprint density at radius 2 is 1.69 bits per heavy atom. The van der Waals surface area contributed by atoms with E-state index in [1.54, 1.807) is 6.07 Å². The van der Waals surface area contributed by atoms with Crippen LogP contribution in [0.5, 0.6) is 0 Å². The van der Waals surface area contributed by atoms with Crippen molar-refractivity contribution in [2.45, 2.75) is 56.5 Å². The molecule has 0 aliphatic heterocycles. The van der Waals surface area contributed by atoms with Crippen LogP contribution in [0.4, 0.5) is 4.39 Å². The van der Waals surface area contributed by atoms with Gasteiger partial charge in [0.25, 0.3) is 5.91 Å². The van der Waals surface area contributed by atoms with Crippen LogP contribution in [0.1, 0.15) is 55.3 Å². The number of carbonyl (C=O) groups is 3. The van der Waals surface area contributed by atoms with Crippen LogP contribution in [-0.4, -0.2) is 29.3 Å². The van der Waals surface area contributed by atoms with Gasteiger partial charge in [-0.05, 0) is 74.8 Å². The van der Waals surface area contributed by atoms with Gasteiger partial charge in [-0.25, -0.2) is 4.39 Å². The van der Waals surface area contributed by atoms with Crippen LogP contribution in [0.25, 0.3) is 0 Å². The molecule has 0 aromatic heterocycles. The first kappa shape index (κ1) is 18.6. The van der Waals surface area contributed by atoms with Gasteiger partial charge in [-0.15, -0.1) is 0 Å². The Kier molecular flexibility index (Phi) is 4.02. The van der Waals surface area contributed by atoms with E-state index < -0.39 is 22.7 Å². The van der Waals surface area contributed by atoms with E-state index in [0.29, 0.717) is 18.8 Å². The highest BCUT2D eigenvalue weighted by Crippen LogP contribution is 2.60. The zero-order chi connectivity index (χ0) is 20.4. The van der Waals surface area contributed by atoms with Crippen molar-refractivity contribution in [2.24, 2.45) is 28.9 Å². The van der Waals surface area contributed by atoms with Gasteiger partial charge < -0.3 is 16.4 Å². The molecule has 7 heteroatoms. The molecule has 6 nitrogen and oxygen atoms in total. The lowest BCUT2D eigenvalue weighted by Gasteiger charge is -2.59. The smallest absolute Gasteiger partial charge is 0.255 e. The molecule has 0 heterocycles. The standard InChI is InChI=1S/C22H26FN3O3/c23-16-4-2-1-3-15(16)18(27)26-22(5-6-22)20(29)25-17-13-7-12-8-14(17)11-21(9-12,10-13)19(24)28/h1-4,12-14,17H,5-11H2,(H2,24,28)(H,25,29)(H,26,27)/t12-,13?,14?,17+,21?. The van der Waals surface area contributed by atoms with Crippen molar-refractivity contribution in [1.29, 1.82) is 0 Å². The molecular weight excluding hydrogens is 373 g/mol. The summed E-state index contributed by atoms with van der Waals surface area (Å²) in [6.45, 7) is 0. The predicted molar refractivity (Wildman–Crippen MR) is 103 cm³/mol. The Morgan fingerprint density at radius 1 is 1.03 bits per heavy atom. The predicted octanol–water partition coefficient (Wildman–Crippen LogP) is 1.88. The molecule has 5 saturated carbocycles. The molecule has 1 aromatic rings.